The van der Waals surface area contributed by atoms with Crippen molar-refractivity contribution in [3.8, 4) is 0 Å². The van der Waals surface area contributed by atoms with Crippen molar-refractivity contribution >= 4 is 45.0 Å². The highest BCUT2D eigenvalue weighted by molar-refractivity contribution is 6.30. The number of nitrogens with one attached hydrogen (secondary N) is 1. The lowest BCUT2D eigenvalue weighted by Gasteiger charge is -2.14. The molecule has 148 valence electrons. The first-order valence-corrected chi connectivity index (χ1v) is 9.88. The Morgan fingerprint density at radius 2 is 1.60 bits per heavy atom. The topological polar surface area (TPSA) is 68.4 Å². The van der Waals surface area contributed by atoms with Crippen LogP contribution in [0.2, 0.25) is 5.02 Å². The van der Waals surface area contributed by atoms with Crippen LogP contribution in [0, 0.1) is 0 Å². The Morgan fingerprint density at radius 1 is 0.933 bits per heavy atom. The summed E-state index contributed by atoms with van der Waals surface area (Å²) < 4.78 is 3.71. The molecule has 0 bridgehead atoms. The Bertz CT molecular complexity index is 1430. The number of rotatable bonds is 4. The third kappa shape index (κ3) is 3.21. The second kappa shape index (κ2) is 7.31. The Kier molecular flexibility index (Phi) is 4.48. The monoisotopic (exact) mass is 416 g/mol. The van der Waals surface area contributed by atoms with Gasteiger partial charge >= 0.3 is 0 Å². The average molecular weight is 417 g/mol. The molecule has 6 nitrogen and oxygen atoms in total. The normalized spacial score (nSPS) is 11.4. The number of imidazole rings is 1. The van der Waals surface area contributed by atoms with Gasteiger partial charge in [0.15, 0.2) is 5.43 Å². The fraction of sp³-hybridized carbons (Fsp3) is 0.0870. The molecular weight excluding hydrogens is 400 g/mol. The van der Waals surface area contributed by atoms with Crippen LogP contribution >= 0.6 is 11.6 Å². The molecule has 0 atom stereocenters. The van der Waals surface area contributed by atoms with E-state index in [9.17, 15) is 9.59 Å². The summed E-state index contributed by atoms with van der Waals surface area (Å²) in [5.74, 6) is -0.163. The lowest BCUT2D eigenvalue weighted by atomic mass is 10.1. The van der Waals surface area contributed by atoms with E-state index < -0.39 is 0 Å². The first kappa shape index (κ1) is 18.4. The fourth-order valence-electron chi connectivity index (χ4n) is 3.74. The molecule has 0 radical (unpaired) electrons. The minimum absolute atomic E-state index is 0.0266. The second-order valence-electron chi connectivity index (χ2n) is 7.07. The van der Waals surface area contributed by atoms with Crippen LogP contribution in [0.15, 0.2) is 77.9 Å². The van der Waals surface area contributed by atoms with Crippen LogP contribution in [0.1, 0.15) is 5.69 Å². The minimum Gasteiger partial charge on any atom is -0.349 e. The van der Waals surface area contributed by atoms with Crippen LogP contribution < -0.4 is 10.7 Å². The van der Waals surface area contributed by atoms with Crippen molar-refractivity contribution in [3.63, 3.8) is 0 Å². The summed E-state index contributed by atoms with van der Waals surface area (Å²) in [6, 6.07) is 18.3. The maximum absolute atomic E-state index is 12.8. The first-order chi connectivity index (χ1) is 14.6. The molecule has 1 amide bonds. The molecule has 0 saturated heterocycles. The summed E-state index contributed by atoms with van der Waals surface area (Å²) in [7, 11) is 0. The minimum atomic E-state index is -0.163. The van der Waals surface area contributed by atoms with E-state index in [0.29, 0.717) is 22.3 Å². The van der Waals surface area contributed by atoms with Gasteiger partial charge in [0.2, 0.25) is 5.91 Å². The average Bonchev–Trinajstić information content (AvgIpc) is 3.17. The number of para-hydroxylation sites is 2. The van der Waals surface area contributed by atoms with E-state index in [-0.39, 0.29) is 17.9 Å². The van der Waals surface area contributed by atoms with Crippen LogP contribution in [-0.4, -0.2) is 19.9 Å². The second-order valence-corrected chi connectivity index (χ2v) is 7.51. The number of fused-ring (bicyclic) bond motifs is 3. The Balaban J connectivity index is 1.45. The van der Waals surface area contributed by atoms with Crippen molar-refractivity contribution < 1.29 is 4.79 Å². The molecule has 2 aromatic carbocycles. The predicted molar refractivity (Wildman–Crippen MR) is 118 cm³/mol. The Labute approximate surface area is 176 Å². The first-order valence-electron chi connectivity index (χ1n) is 9.50. The van der Waals surface area contributed by atoms with Crippen LogP contribution in [-0.2, 0) is 17.9 Å². The van der Waals surface area contributed by atoms with Crippen LogP contribution in [0.3, 0.4) is 0 Å². The summed E-state index contributed by atoms with van der Waals surface area (Å²) in [6.45, 7) is 0.398. The molecule has 7 heteroatoms. The molecule has 3 aromatic heterocycles. The number of carbonyl (C=O) groups excluding carboxylic acids is 1. The predicted octanol–water partition coefficient (Wildman–Crippen LogP) is 3.77. The highest BCUT2D eigenvalue weighted by Crippen LogP contribution is 2.19. The van der Waals surface area contributed by atoms with Gasteiger partial charge in [0.25, 0.3) is 0 Å². The van der Waals surface area contributed by atoms with Gasteiger partial charge in [0, 0.05) is 23.2 Å². The Morgan fingerprint density at radius 3 is 2.30 bits per heavy atom. The number of aromatic nitrogens is 3. The molecule has 0 spiro atoms. The highest BCUT2D eigenvalue weighted by Gasteiger charge is 2.13. The number of amides is 1. The number of hydrogen-bond donors (Lipinski definition) is 1. The quantitative estimate of drug-likeness (QED) is 0.453. The van der Waals surface area contributed by atoms with E-state index >= 15 is 0 Å². The van der Waals surface area contributed by atoms with Gasteiger partial charge in [-0.25, -0.2) is 4.98 Å². The molecule has 5 rings (SSSR count). The summed E-state index contributed by atoms with van der Waals surface area (Å²) in [6.07, 6.45) is 3.61. The molecule has 0 saturated carbocycles. The molecule has 0 fully saturated rings. The number of carbonyl (C=O) groups is 1. The van der Waals surface area contributed by atoms with Crippen LogP contribution in [0.4, 0.5) is 0 Å². The number of hydrogen-bond acceptors (Lipinski definition) is 3. The van der Waals surface area contributed by atoms with Crippen LogP contribution in [0.25, 0.3) is 27.5 Å². The van der Waals surface area contributed by atoms with Gasteiger partial charge in [-0.05, 0) is 36.4 Å². The summed E-state index contributed by atoms with van der Waals surface area (Å²) >= 11 is 6.01. The van der Waals surface area contributed by atoms with Crippen molar-refractivity contribution in [1.29, 1.82) is 0 Å². The van der Waals surface area contributed by atoms with E-state index in [1.54, 1.807) is 24.4 Å². The summed E-state index contributed by atoms with van der Waals surface area (Å²) in [5, 5.41) is 4.74. The van der Waals surface area contributed by atoms with E-state index in [4.69, 9.17) is 11.6 Å². The fourth-order valence-corrected chi connectivity index (χ4v) is 3.91. The van der Waals surface area contributed by atoms with Gasteiger partial charge in [-0.15, -0.1) is 0 Å². The standard InChI is InChI=1S/C23H17ClN4O2/c24-15-9-10-21-26-16(13-27(21)12-15)11-25-22(29)14-28-19-7-3-1-5-17(19)23(30)18-6-2-4-8-20(18)28/h1-10,12-13H,11,14H2,(H,25,29). The van der Waals surface area contributed by atoms with E-state index in [1.807, 2.05) is 57.6 Å². The molecule has 1 N–H and O–H groups in total. The van der Waals surface area contributed by atoms with Crippen molar-refractivity contribution in [3.05, 3.63) is 94.0 Å². The Hall–Kier alpha value is -3.64. The summed E-state index contributed by atoms with van der Waals surface area (Å²) in [5.41, 5.74) is 2.94. The van der Waals surface area contributed by atoms with Crippen LogP contribution in [0.5, 0.6) is 0 Å². The van der Waals surface area contributed by atoms with Crippen molar-refractivity contribution in [2.24, 2.45) is 0 Å². The van der Waals surface area contributed by atoms with Gasteiger partial charge in [0.05, 0.1) is 28.3 Å². The molecule has 5 aromatic rings. The largest absolute Gasteiger partial charge is 0.349 e. The molecule has 0 unspecified atom stereocenters. The van der Waals surface area contributed by atoms with Crippen molar-refractivity contribution in [2.45, 2.75) is 13.1 Å². The molecule has 0 aliphatic heterocycles. The number of pyridine rings is 2. The van der Waals surface area contributed by atoms with Gasteiger partial charge in [0.1, 0.15) is 12.2 Å². The molecule has 0 aliphatic carbocycles. The maximum atomic E-state index is 12.8. The summed E-state index contributed by atoms with van der Waals surface area (Å²) in [4.78, 5) is 30.1. The third-order valence-electron chi connectivity index (χ3n) is 5.11. The lowest BCUT2D eigenvalue weighted by Crippen LogP contribution is -2.28. The highest BCUT2D eigenvalue weighted by atomic mass is 35.5. The van der Waals surface area contributed by atoms with Crippen molar-refractivity contribution in [1.82, 2.24) is 19.3 Å². The third-order valence-corrected chi connectivity index (χ3v) is 5.34. The smallest absolute Gasteiger partial charge is 0.240 e. The van der Waals surface area contributed by atoms with Gasteiger partial charge < -0.3 is 14.3 Å². The zero-order chi connectivity index (χ0) is 20.7. The van der Waals surface area contributed by atoms with E-state index in [0.717, 1.165) is 22.4 Å². The zero-order valence-electron chi connectivity index (χ0n) is 15.9. The van der Waals surface area contributed by atoms with Gasteiger partial charge in [-0.1, -0.05) is 35.9 Å². The molecular formula is C23H17ClN4O2. The van der Waals surface area contributed by atoms with E-state index in [1.165, 1.54) is 0 Å². The van der Waals surface area contributed by atoms with Gasteiger partial charge in [-0.3, -0.25) is 9.59 Å². The number of benzene rings is 2. The van der Waals surface area contributed by atoms with Gasteiger partial charge in [-0.2, -0.15) is 0 Å². The number of halogens is 1. The molecule has 30 heavy (non-hydrogen) atoms. The maximum Gasteiger partial charge on any atom is 0.240 e. The molecule has 0 aliphatic rings. The van der Waals surface area contributed by atoms with E-state index in [2.05, 4.69) is 10.3 Å². The SMILES string of the molecule is O=C(Cn1c2ccccc2c(=O)c2ccccc21)NCc1cn2cc(Cl)ccc2n1. The number of nitrogens with zero attached hydrogens (tertiary/aromatic N) is 3. The zero-order valence-corrected chi connectivity index (χ0v) is 16.6. The van der Waals surface area contributed by atoms with Crippen molar-refractivity contribution in [2.75, 3.05) is 0 Å². The lowest BCUT2D eigenvalue weighted by molar-refractivity contribution is -0.121. The molecule has 3 heterocycles.